The average molecular weight is 424 g/mol. The summed E-state index contributed by atoms with van der Waals surface area (Å²) in [7, 11) is 0. The van der Waals surface area contributed by atoms with Crippen LogP contribution in [0.3, 0.4) is 0 Å². The summed E-state index contributed by atoms with van der Waals surface area (Å²) in [6.07, 6.45) is 4.80. The van der Waals surface area contributed by atoms with Crippen molar-refractivity contribution in [3.63, 3.8) is 0 Å². The highest BCUT2D eigenvalue weighted by Crippen LogP contribution is 2.21. The van der Waals surface area contributed by atoms with Crippen molar-refractivity contribution >= 4 is 17.8 Å². The Kier molecular flexibility index (Phi) is 7.09. The van der Waals surface area contributed by atoms with Crippen molar-refractivity contribution in [3.05, 3.63) is 54.4 Å². The topological polar surface area (TPSA) is 78.9 Å². The number of ether oxygens (including phenoxy) is 1. The molecule has 2 saturated heterocycles. The summed E-state index contributed by atoms with van der Waals surface area (Å²) in [4.78, 5) is 39.7. The van der Waals surface area contributed by atoms with Crippen LogP contribution >= 0.6 is 0 Å². The minimum Gasteiger partial charge on any atom is -0.455 e. The fourth-order valence-corrected chi connectivity index (χ4v) is 4.11. The zero-order valence-electron chi connectivity index (χ0n) is 17.7. The maximum Gasteiger partial charge on any atom is 0.309 e. The van der Waals surface area contributed by atoms with Crippen LogP contribution in [0.2, 0.25) is 0 Å². The molecule has 0 bridgehead atoms. The lowest BCUT2D eigenvalue weighted by molar-refractivity contribution is -0.156. The van der Waals surface area contributed by atoms with Crippen molar-refractivity contribution in [3.8, 4) is 0 Å². The molecule has 2 fully saturated rings. The number of hydrogen-bond donors (Lipinski definition) is 0. The van der Waals surface area contributed by atoms with Crippen LogP contribution in [0.4, 0.5) is 5.95 Å². The lowest BCUT2D eigenvalue weighted by Gasteiger charge is -2.35. The predicted octanol–water partition coefficient (Wildman–Crippen LogP) is 1.58. The van der Waals surface area contributed by atoms with Gasteiger partial charge in [-0.15, -0.1) is 0 Å². The molecule has 0 aliphatic carbocycles. The predicted molar refractivity (Wildman–Crippen MR) is 116 cm³/mol. The van der Waals surface area contributed by atoms with Crippen molar-refractivity contribution in [1.29, 1.82) is 0 Å². The Morgan fingerprint density at radius 2 is 1.58 bits per heavy atom. The fourth-order valence-electron chi connectivity index (χ4n) is 4.11. The number of piperazine rings is 1. The molecule has 0 atom stereocenters. The maximum absolute atomic E-state index is 12.5. The number of carbonyl (C=O) groups excluding carboxylic acids is 2. The third-order valence-corrected chi connectivity index (χ3v) is 5.98. The van der Waals surface area contributed by atoms with Crippen molar-refractivity contribution in [2.45, 2.75) is 19.4 Å². The van der Waals surface area contributed by atoms with Gasteiger partial charge >= 0.3 is 5.97 Å². The molecule has 0 N–H and O–H groups in total. The number of esters is 1. The molecule has 2 aromatic rings. The van der Waals surface area contributed by atoms with Crippen LogP contribution < -0.4 is 4.90 Å². The quantitative estimate of drug-likeness (QED) is 0.653. The average Bonchev–Trinajstić information content (AvgIpc) is 2.84. The second kappa shape index (κ2) is 10.3. The van der Waals surface area contributed by atoms with E-state index in [1.807, 2.05) is 18.2 Å². The zero-order valence-corrected chi connectivity index (χ0v) is 17.7. The van der Waals surface area contributed by atoms with Crippen LogP contribution in [0.5, 0.6) is 0 Å². The maximum atomic E-state index is 12.5. The van der Waals surface area contributed by atoms with Crippen LogP contribution in [-0.4, -0.2) is 77.5 Å². The summed E-state index contributed by atoms with van der Waals surface area (Å²) in [5, 5.41) is 0. The Morgan fingerprint density at radius 1 is 0.903 bits per heavy atom. The minimum atomic E-state index is -0.273. The zero-order chi connectivity index (χ0) is 21.5. The van der Waals surface area contributed by atoms with Gasteiger partial charge in [-0.3, -0.25) is 14.5 Å². The summed E-state index contributed by atoms with van der Waals surface area (Å²) in [6.45, 7) is 5.13. The van der Waals surface area contributed by atoms with E-state index in [0.717, 1.165) is 19.6 Å². The number of benzene rings is 1. The largest absolute Gasteiger partial charge is 0.455 e. The number of amides is 1. The monoisotopic (exact) mass is 423 g/mol. The van der Waals surface area contributed by atoms with E-state index in [0.29, 0.717) is 45.0 Å². The van der Waals surface area contributed by atoms with Crippen LogP contribution in [0, 0.1) is 5.92 Å². The number of piperidine rings is 1. The Labute approximate surface area is 182 Å². The van der Waals surface area contributed by atoms with Gasteiger partial charge in [0.1, 0.15) is 0 Å². The number of anilines is 1. The molecule has 8 heteroatoms. The van der Waals surface area contributed by atoms with Gasteiger partial charge in [-0.05, 0) is 24.5 Å². The summed E-state index contributed by atoms with van der Waals surface area (Å²) >= 11 is 0. The van der Waals surface area contributed by atoms with E-state index in [9.17, 15) is 9.59 Å². The lowest BCUT2D eigenvalue weighted by Crippen LogP contribution is -2.49. The molecule has 164 valence electrons. The third kappa shape index (κ3) is 5.79. The highest BCUT2D eigenvalue weighted by Gasteiger charge is 2.28. The molecular formula is C23H29N5O3. The molecule has 0 unspecified atom stereocenters. The van der Waals surface area contributed by atoms with Crippen LogP contribution in [0.15, 0.2) is 48.8 Å². The third-order valence-electron chi connectivity index (χ3n) is 5.98. The van der Waals surface area contributed by atoms with E-state index in [2.05, 4.69) is 31.9 Å². The van der Waals surface area contributed by atoms with Crippen molar-refractivity contribution in [2.75, 3.05) is 50.8 Å². The van der Waals surface area contributed by atoms with Gasteiger partial charge in [0.15, 0.2) is 6.61 Å². The highest BCUT2D eigenvalue weighted by atomic mass is 16.5. The number of rotatable bonds is 6. The van der Waals surface area contributed by atoms with Gasteiger partial charge in [-0.1, -0.05) is 30.3 Å². The first-order valence-corrected chi connectivity index (χ1v) is 10.9. The molecule has 3 heterocycles. The first kappa shape index (κ1) is 21.2. The van der Waals surface area contributed by atoms with E-state index in [4.69, 9.17) is 4.74 Å². The van der Waals surface area contributed by atoms with Crippen LogP contribution in [-0.2, 0) is 20.9 Å². The molecule has 0 spiro atoms. The molecule has 4 rings (SSSR count). The highest BCUT2D eigenvalue weighted by molar-refractivity contribution is 5.81. The van der Waals surface area contributed by atoms with E-state index in [1.54, 1.807) is 23.4 Å². The Morgan fingerprint density at radius 3 is 2.26 bits per heavy atom. The molecule has 8 nitrogen and oxygen atoms in total. The van der Waals surface area contributed by atoms with Gasteiger partial charge in [0.25, 0.3) is 5.91 Å². The Hall–Kier alpha value is -3.00. The molecule has 1 amide bonds. The summed E-state index contributed by atoms with van der Waals surface area (Å²) in [5.74, 6) is 0.138. The van der Waals surface area contributed by atoms with Gasteiger partial charge < -0.3 is 14.5 Å². The van der Waals surface area contributed by atoms with Crippen LogP contribution in [0.1, 0.15) is 18.4 Å². The van der Waals surface area contributed by atoms with Gasteiger partial charge in [0.05, 0.1) is 5.92 Å². The standard InChI is InChI=1S/C23H29N5O3/c29-21(27-15-13-26(14-16-27)17-19-5-2-1-3-6-19)18-31-22(30)20-7-11-28(12-8-20)23-24-9-4-10-25-23/h1-6,9-10,20H,7-8,11-18H2. The molecule has 2 aliphatic rings. The summed E-state index contributed by atoms with van der Waals surface area (Å²) in [5.41, 5.74) is 1.28. The molecule has 31 heavy (non-hydrogen) atoms. The molecule has 1 aromatic carbocycles. The van der Waals surface area contributed by atoms with E-state index in [-0.39, 0.29) is 24.4 Å². The van der Waals surface area contributed by atoms with E-state index in [1.165, 1.54) is 5.56 Å². The lowest BCUT2D eigenvalue weighted by atomic mass is 9.97. The van der Waals surface area contributed by atoms with Gasteiger partial charge in [-0.2, -0.15) is 0 Å². The first-order valence-electron chi connectivity index (χ1n) is 10.9. The SMILES string of the molecule is O=C(OCC(=O)N1CCN(Cc2ccccc2)CC1)C1CCN(c2ncccn2)CC1. The van der Waals surface area contributed by atoms with Gasteiger partial charge in [0, 0.05) is 58.2 Å². The molecule has 0 radical (unpaired) electrons. The van der Waals surface area contributed by atoms with Gasteiger partial charge in [-0.25, -0.2) is 9.97 Å². The number of hydrogen-bond acceptors (Lipinski definition) is 7. The van der Waals surface area contributed by atoms with Crippen molar-refractivity contribution in [2.24, 2.45) is 5.92 Å². The number of nitrogens with zero attached hydrogens (tertiary/aromatic N) is 5. The van der Waals surface area contributed by atoms with Gasteiger partial charge in [0.2, 0.25) is 5.95 Å². The molecule has 0 saturated carbocycles. The Balaban J connectivity index is 1.15. The molecule has 2 aliphatic heterocycles. The number of carbonyl (C=O) groups is 2. The van der Waals surface area contributed by atoms with Crippen molar-refractivity contribution < 1.29 is 14.3 Å². The van der Waals surface area contributed by atoms with E-state index >= 15 is 0 Å². The smallest absolute Gasteiger partial charge is 0.309 e. The summed E-state index contributed by atoms with van der Waals surface area (Å²) in [6, 6.07) is 12.1. The first-order chi connectivity index (χ1) is 15.2. The molecule has 1 aromatic heterocycles. The second-order valence-electron chi connectivity index (χ2n) is 8.06. The fraction of sp³-hybridized carbons (Fsp3) is 0.478. The minimum absolute atomic E-state index is 0.108. The molecular weight excluding hydrogens is 394 g/mol. The number of aromatic nitrogens is 2. The normalized spacial score (nSPS) is 18.1. The van der Waals surface area contributed by atoms with Crippen molar-refractivity contribution in [1.82, 2.24) is 19.8 Å². The second-order valence-corrected chi connectivity index (χ2v) is 8.06. The van der Waals surface area contributed by atoms with Crippen LogP contribution in [0.25, 0.3) is 0 Å². The summed E-state index contributed by atoms with van der Waals surface area (Å²) < 4.78 is 5.37. The Bertz CT molecular complexity index is 848. The van der Waals surface area contributed by atoms with E-state index < -0.39 is 0 Å².